The van der Waals surface area contributed by atoms with E-state index in [-0.39, 0.29) is 5.41 Å². The predicted molar refractivity (Wildman–Crippen MR) is 58.0 cm³/mol. The maximum absolute atomic E-state index is 11.6. The standard InChI is InChI=1S/C13H18O/c1-9-7-11(14)8-13(3)10(2)5-4-6-12(9)13/h5,12H,1,4,6-8H2,2-3H3/t12-,13+/m1/s1. The predicted octanol–water partition coefficient (Wildman–Crippen LogP) is 3.27. The molecule has 2 aliphatic rings. The second-order valence-electron chi connectivity index (χ2n) is 4.99. The zero-order valence-corrected chi connectivity index (χ0v) is 9.10. The van der Waals surface area contributed by atoms with Gasteiger partial charge in [0, 0.05) is 18.3 Å². The van der Waals surface area contributed by atoms with Crippen molar-refractivity contribution in [3.05, 3.63) is 23.8 Å². The lowest BCUT2D eigenvalue weighted by Gasteiger charge is -2.45. The minimum atomic E-state index is 0.0880. The molecule has 2 atom stereocenters. The molecule has 0 saturated heterocycles. The van der Waals surface area contributed by atoms with E-state index in [0.29, 0.717) is 18.1 Å². The van der Waals surface area contributed by atoms with Crippen molar-refractivity contribution in [2.45, 2.75) is 39.5 Å². The maximum Gasteiger partial charge on any atom is 0.137 e. The largest absolute Gasteiger partial charge is 0.299 e. The van der Waals surface area contributed by atoms with Gasteiger partial charge in [0.1, 0.15) is 5.78 Å². The Morgan fingerprint density at radius 1 is 1.57 bits per heavy atom. The van der Waals surface area contributed by atoms with Crippen LogP contribution in [-0.2, 0) is 4.79 Å². The van der Waals surface area contributed by atoms with Crippen LogP contribution >= 0.6 is 0 Å². The molecule has 2 aliphatic carbocycles. The van der Waals surface area contributed by atoms with E-state index in [2.05, 4.69) is 26.5 Å². The Morgan fingerprint density at radius 2 is 2.29 bits per heavy atom. The summed E-state index contributed by atoms with van der Waals surface area (Å²) < 4.78 is 0. The van der Waals surface area contributed by atoms with Gasteiger partial charge < -0.3 is 0 Å². The van der Waals surface area contributed by atoms with E-state index in [1.165, 1.54) is 12.0 Å². The van der Waals surface area contributed by atoms with Gasteiger partial charge in [0.2, 0.25) is 0 Å². The second kappa shape index (κ2) is 3.08. The van der Waals surface area contributed by atoms with E-state index in [1.807, 2.05) is 0 Å². The second-order valence-corrected chi connectivity index (χ2v) is 4.99. The van der Waals surface area contributed by atoms with Crippen molar-refractivity contribution in [3.63, 3.8) is 0 Å². The highest BCUT2D eigenvalue weighted by Gasteiger charge is 2.43. The quantitative estimate of drug-likeness (QED) is 0.536. The molecular formula is C13H18O. The molecule has 0 bridgehead atoms. The Labute approximate surface area is 85.9 Å². The van der Waals surface area contributed by atoms with Crippen LogP contribution in [0.2, 0.25) is 0 Å². The molecule has 1 heteroatoms. The summed E-state index contributed by atoms with van der Waals surface area (Å²) in [6.45, 7) is 8.47. The van der Waals surface area contributed by atoms with Crippen LogP contribution in [0.1, 0.15) is 39.5 Å². The Balaban J connectivity index is 2.40. The molecule has 0 radical (unpaired) electrons. The molecule has 0 aliphatic heterocycles. The molecule has 0 aromatic rings. The van der Waals surface area contributed by atoms with Crippen molar-refractivity contribution >= 4 is 5.78 Å². The minimum Gasteiger partial charge on any atom is -0.299 e. The molecule has 0 N–H and O–H groups in total. The third-order valence-corrected chi connectivity index (χ3v) is 4.06. The van der Waals surface area contributed by atoms with E-state index < -0.39 is 0 Å². The number of hydrogen-bond acceptors (Lipinski definition) is 1. The topological polar surface area (TPSA) is 17.1 Å². The molecular weight excluding hydrogens is 172 g/mol. The molecule has 0 amide bonds. The summed E-state index contributed by atoms with van der Waals surface area (Å²) in [6, 6.07) is 0. The first-order valence-corrected chi connectivity index (χ1v) is 5.40. The van der Waals surface area contributed by atoms with Gasteiger partial charge in [-0.2, -0.15) is 0 Å². The Kier molecular flexibility index (Phi) is 2.13. The van der Waals surface area contributed by atoms with Gasteiger partial charge in [-0.1, -0.05) is 30.7 Å². The first-order chi connectivity index (χ1) is 6.54. The molecule has 1 nitrogen and oxygen atoms in total. The third-order valence-electron chi connectivity index (χ3n) is 4.06. The Morgan fingerprint density at radius 3 is 3.00 bits per heavy atom. The van der Waals surface area contributed by atoms with E-state index in [0.717, 1.165) is 18.4 Å². The Bertz CT molecular complexity index is 324. The van der Waals surface area contributed by atoms with Crippen LogP contribution in [0.25, 0.3) is 0 Å². The molecule has 0 unspecified atom stereocenters. The number of carbonyl (C=O) groups excluding carboxylic acids is 1. The van der Waals surface area contributed by atoms with Crippen molar-refractivity contribution in [2.24, 2.45) is 11.3 Å². The lowest BCUT2D eigenvalue weighted by Crippen LogP contribution is -2.39. The van der Waals surface area contributed by atoms with Crippen LogP contribution in [0.3, 0.4) is 0 Å². The lowest BCUT2D eigenvalue weighted by molar-refractivity contribution is -0.122. The maximum atomic E-state index is 11.6. The fourth-order valence-electron chi connectivity index (χ4n) is 3.06. The minimum absolute atomic E-state index is 0.0880. The van der Waals surface area contributed by atoms with Crippen molar-refractivity contribution in [2.75, 3.05) is 0 Å². The van der Waals surface area contributed by atoms with Gasteiger partial charge in [-0.05, 0) is 25.7 Å². The number of ketones is 1. The average Bonchev–Trinajstić information content (AvgIpc) is 2.07. The van der Waals surface area contributed by atoms with E-state index in [9.17, 15) is 4.79 Å². The van der Waals surface area contributed by atoms with Crippen LogP contribution in [0.15, 0.2) is 23.8 Å². The summed E-state index contributed by atoms with van der Waals surface area (Å²) in [5, 5.41) is 0. The zero-order chi connectivity index (χ0) is 10.3. The summed E-state index contributed by atoms with van der Waals surface area (Å²) in [7, 11) is 0. The summed E-state index contributed by atoms with van der Waals surface area (Å²) in [5.74, 6) is 0.911. The van der Waals surface area contributed by atoms with Gasteiger partial charge in [-0.15, -0.1) is 0 Å². The van der Waals surface area contributed by atoms with Gasteiger partial charge in [0.25, 0.3) is 0 Å². The van der Waals surface area contributed by atoms with Crippen LogP contribution in [0.4, 0.5) is 0 Å². The summed E-state index contributed by atoms with van der Waals surface area (Å²) in [4.78, 5) is 11.6. The van der Waals surface area contributed by atoms with Crippen molar-refractivity contribution in [1.29, 1.82) is 0 Å². The number of fused-ring (bicyclic) bond motifs is 1. The number of Topliss-reactive ketones (excluding diaryl/α,β-unsaturated/α-hetero) is 1. The molecule has 76 valence electrons. The normalized spacial score (nSPS) is 37.9. The summed E-state index contributed by atoms with van der Waals surface area (Å²) >= 11 is 0. The fraction of sp³-hybridized carbons (Fsp3) is 0.615. The summed E-state index contributed by atoms with van der Waals surface area (Å²) in [5.41, 5.74) is 2.64. The van der Waals surface area contributed by atoms with Gasteiger partial charge in [0.05, 0.1) is 0 Å². The van der Waals surface area contributed by atoms with Crippen molar-refractivity contribution in [1.82, 2.24) is 0 Å². The monoisotopic (exact) mass is 190 g/mol. The zero-order valence-electron chi connectivity index (χ0n) is 9.10. The number of hydrogen-bond donors (Lipinski definition) is 0. The Hall–Kier alpha value is -0.850. The van der Waals surface area contributed by atoms with Crippen LogP contribution in [-0.4, -0.2) is 5.78 Å². The highest BCUT2D eigenvalue weighted by Crippen LogP contribution is 2.51. The molecule has 0 heterocycles. The van der Waals surface area contributed by atoms with Gasteiger partial charge >= 0.3 is 0 Å². The molecule has 1 saturated carbocycles. The number of carbonyl (C=O) groups is 1. The smallest absolute Gasteiger partial charge is 0.137 e. The SMILES string of the molecule is C=C1CC(=O)C[C@@]2(C)C(C)=CCC[C@H]12. The third kappa shape index (κ3) is 1.26. The molecule has 0 aromatic carbocycles. The van der Waals surface area contributed by atoms with E-state index >= 15 is 0 Å². The highest BCUT2D eigenvalue weighted by atomic mass is 16.1. The van der Waals surface area contributed by atoms with Crippen LogP contribution in [0, 0.1) is 11.3 Å². The molecule has 0 aromatic heterocycles. The molecule has 14 heavy (non-hydrogen) atoms. The lowest BCUT2D eigenvalue weighted by atomic mass is 9.58. The first kappa shape index (κ1) is 9.70. The van der Waals surface area contributed by atoms with Crippen LogP contribution < -0.4 is 0 Å². The van der Waals surface area contributed by atoms with Gasteiger partial charge in [-0.3, -0.25) is 4.79 Å². The van der Waals surface area contributed by atoms with Crippen molar-refractivity contribution < 1.29 is 4.79 Å². The number of allylic oxidation sites excluding steroid dienone is 3. The van der Waals surface area contributed by atoms with E-state index in [1.54, 1.807) is 0 Å². The van der Waals surface area contributed by atoms with Crippen LogP contribution in [0.5, 0.6) is 0 Å². The summed E-state index contributed by atoms with van der Waals surface area (Å²) in [6.07, 6.45) is 5.97. The fourth-order valence-corrected chi connectivity index (χ4v) is 3.06. The average molecular weight is 190 g/mol. The van der Waals surface area contributed by atoms with Crippen molar-refractivity contribution in [3.8, 4) is 0 Å². The van der Waals surface area contributed by atoms with E-state index in [4.69, 9.17) is 0 Å². The molecule has 0 spiro atoms. The van der Waals surface area contributed by atoms with Gasteiger partial charge in [-0.25, -0.2) is 0 Å². The highest BCUT2D eigenvalue weighted by molar-refractivity contribution is 5.83. The number of rotatable bonds is 0. The first-order valence-electron chi connectivity index (χ1n) is 5.40. The molecule has 2 rings (SSSR count). The molecule has 1 fully saturated rings. The van der Waals surface area contributed by atoms with Gasteiger partial charge in [0.15, 0.2) is 0 Å².